The lowest BCUT2D eigenvalue weighted by molar-refractivity contribution is 0.0929. The summed E-state index contributed by atoms with van der Waals surface area (Å²) in [7, 11) is 0. The second kappa shape index (κ2) is 8.70. The molecular formula is C21H26N2O3. The summed E-state index contributed by atoms with van der Waals surface area (Å²) in [5.41, 5.74) is 2.08. The van der Waals surface area contributed by atoms with E-state index in [1.807, 2.05) is 13.0 Å². The minimum Gasteiger partial charge on any atom is -0.459 e. The summed E-state index contributed by atoms with van der Waals surface area (Å²) in [6.45, 7) is 1.90. The average molecular weight is 354 g/mol. The second-order valence-corrected chi connectivity index (χ2v) is 6.98. The van der Waals surface area contributed by atoms with Gasteiger partial charge in [0, 0.05) is 17.3 Å². The van der Waals surface area contributed by atoms with Crippen LogP contribution in [0, 0.1) is 6.92 Å². The number of carbonyl (C=O) groups excluding carboxylic acids is 2. The number of benzene rings is 1. The van der Waals surface area contributed by atoms with Crippen molar-refractivity contribution in [3.63, 3.8) is 0 Å². The largest absolute Gasteiger partial charge is 0.459 e. The number of nitrogens with one attached hydrogen (secondary N) is 2. The van der Waals surface area contributed by atoms with Crippen LogP contribution in [0.25, 0.3) is 0 Å². The number of rotatable bonds is 4. The van der Waals surface area contributed by atoms with Crippen molar-refractivity contribution >= 4 is 17.5 Å². The zero-order valence-corrected chi connectivity index (χ0v) is 15.2. The molecule has 0 spiro atoms. The van der Waals surface area contributed by atoms with Crippen molar-refractivity contribution < 1.29 is 14.0 Å². The van der Waals surface area contributed by atoms with Crippen LogP contribution in [0.5, 0.6) is 0 Å². The van der Waals surface area contributed by atoms with Crippen molar-refractivity contribution in [2.75, 3.05) is 5.32 Å². The van der Waals surface area contributed by atoms with Gasteiger partial charge in [0.1, 0.15) is 0 Å². The SMILES string of the molecule is Cc1ccc(C(=O)NC2CCCCCCC2)cc1NC(=O)c1ccco1. The van der Waals surface area contributed by atoms with Crippen LogP contribution >= 0.6 is 0 Å². The predicted octanol–water partition coefficient (Wildman–Crippen LogP) is 4.68. The molecule has 26 heavy (non-hydrogen) atoms. The summed E-state index contributed by atoms with van der Waals surface area (Å²) in [6.07, 6.45) is 9.68. The summed E-state index contributed by atoms with van der Waals surface area (Å²) >= 11 is 0. The summed E-state index contributed by atoms with van der Waals surface area (Å²) in [6, 6.07) is 8.90. The number of anilines is 1. The number of carbonyl (C=O) groups is 2. The smallest absolute Gasteiger partial charge is 0.291 e. The third-order valence-electron chi connectivity index (χ3n) is 4.93. The first-order valence-corrected chi connectivity index (χ1v) is 9.40. The van der Waals surface area contributed by atoms with Gasteiger partial charge in [0.05, 0.1) is 6.26 Å². The molecule has 5 heteroatoms. The van der Waals surface area contributed by atoms with E-state index in [1.165, 1.54) is 38.4 Å². The van der Waals surface area contributed by atoms with Crippen LogP contribution in [-0.4, -0.2) is 17.9 Å². The molecule has 1 saturated carbocycles. The van der Waals surface area contributed by atoms with Gasteiger partial charge in [-0.15, -0.1) is 0 Å². The lowest BCUT2D eigenvalue weighted by Crippen LogP contribution is -2.35. The van der Waals surface area contributed by atoms with Crippen LogP contribution in [0.1, 0.15) is 71.4 Å². The zero-order chi connectivity index (χ0) is 18.4. The Morgan fingerprint density at radius 2 is 1.73 bits per heavy atom. The van der Waals surface area contributed by atoms with Crippen LogP contribution in [0.15, 0.2) is 41.0 Å². The maximum Gasteiger partial charge on any atom is 0.291 e. The normalized spacial score (nSPS) is 15.7. The fourth-order valence-corrected chi connectivity index (χ4v) is 3.36. The molecule has 5 nitrogen and oxygen atoms in total. The Kier molecular flexibility index (Phi) is 6.10. The van der Waals surface area contributed by atoms with E-state index < -0.39 is 0 Å². The molecule has 2 N–H and O–H groups in total. The van der Waals surface area contributed by atoms with E-state index in [-0.39, 0.29) is 23.6 Å². The third kappa shape index (κ3) is 4.75. The Labute approximate surface area is 154 Å². The van der Waals surface area contributed by atoms with Crippen molar-refractivity contribution in [1.29, 1.82) is 0 Å². The van der Waals surface area contributed by atoms with Gasteiger partial charge in [-0.2, -0.15) is 0 Å². The standard InChI is InChI=1S/C21H26N2O3/c1-15-11-12-16(14-18(15)23-21(25)19-10-7-13-26-19)20(24)22-17-8-5-3-2-4-6-9-17/h7,10-14,17H,2-6,8-9H2,1H3,(H,22,24)(H,23,25). The quantitative estimate of drug-likeness (QED) is 0.837. The molecular weight excluding hydrogens is 328 g/mol. The maximum atomic E-state index is 12.6. The Balaban J connectivity index is 1.67. The number of hydrogen-bond donors (Lipinski definition) is 2. The molecule has 0 aliphatic heterocycles. The fourth-order valence-electron chi connectivity index (χ4n) is 3.36. The van der Waals surface area contributed by atoms with Crippen LogP contribution in [0.2, 0.25) is 0 Å². The Morgan fingerprint density at radius 1 is 1.00 bits per heavy atom. The van der Waals surface area contributed by atoms with E-state index in [9.17, 15) is 9.59 Å². The molecule has 138 valence electrons. The van der Waals surface area contributed by atoms with Crippen molar-refractivity contribution in [2.45, 2.75) is 57.9 Å². The monoisotopic (exact) mass is 354 g/mol. The van der Waals surface area contributed by atoms with Crippen LogP contribution in [-0.2, 0) is 0 Å². The van der Waals surface area contributed by atoms with E-state index in [2.05, 4.69) is 10.6 Å². The Hall–Kier alpha value is -2.56. The second-order valence-electron chi connectivity index (χ2n) is 6.98. The van der Waals surface area contributed by atoms with Crippen molar-refractivity contribution in [3.05, 3.63) is 53.5 Å². The van der Waals surface area contributed by atoms with Gasteiger partial charge in [0.2, 0.25) is 0 Å². The summed E-state index contributed by atoms with van der Waals surface area (Å²) < 4.78 is 5.12. The molecule has 0 radical (unpaired) electrons. The van der Waals surface area contributed by atoms with E-state index in [0.717, 1.165) is 18.4 Å². The van der Waals surface area contributed by atoms with Crippen molar-refractivity contribution in [3.8, 4) is 0 Å². The van der Waals surface area contributed by atoms with E-state index in [4.69, 9.17) is 4.42 Å². The van der Waals surface area contributed by atoms with Gasteiger partial charge in [-0.25, -0.2) is 0 Å². The lowest BCUT2D eigenvalue weighted by atomic mass is 9.96. The molecule has 0 bridgehead atoms. The van der Waals surface area contributed by atoms with Gasteiger partial charge < -0.3 is 15.1 Å². The molecule has 1 aromatic carbocycles. The summed E-state index contributed by atoms with van der Waals surface area (Å²) in [5.74, 6) is -0.159. The highest BCUT2D eigenvalue weighted by atomic mass is 16.3. The van der Waals surface area contributed by atoms with E-state index in [1.54, 1.807) is 24.3 Å². The van der Waals surface area contributed by atoms with Gasteiger partial charge in [-0.3, -0.25) is 9.59 Å². The molecule has 3 rings (SSSR count). The average Bonchev–Trinajstić information content (AvgIpc) is 3.13. The van der Waals surface area contributed by atoms with E-state index >= 15 is 0 Å². The number of hydrogen-bond acceptors (Lipinski definition) is 3. The molecule has 1 heterocycles. The van der Waals surface area contributed by atoms with E-state index in [0.29, 0.717) is 11.3 Å². The minimum absolute atomic E-state index is 0.0796. The molecule has 1 aromatic heterocycles. The number of furan rings is 1. The number of aryl methyl sites for hydroxylation is 1. The van der Waals surface area contributed by atoms with Gasteiger partial charge in [0.15, 0.2) is 5.76 Å². The van der Waals surface area contributed by atoms with Crippen LogP contribution in [0.3, 0.4) is 0 Å². The highest BCUT2D eigenvalue weighted by Gasteiger charge is 2.17. The van der Waals surface area contributed by atoms with Crippen LogP contribution < -0.4 is 10.6 Å². The van der Waals surface area contributed by atoms with Gasteiger partial charge in [0.25, 0.3) is 11.8 Å². The van der Waals surface area contributed by atoms with Gasteiger partial charge >= 0.3 is 0 Å². The first kappa shape index (κ1) is 18.2. The first-order valence-electron chi connectivity index (χ1n) is 9.40. The Bertz CT molecular complexity index is 745. The van der Waals surface area contributed by atoms with Gasteiger partial charge in [-0.05, 0) is 49.6 Å². The van der Waals surface area contributed by atoms with Gasteiger partial charge in [-0.1, -0.05) is 38.2 Å². The molecule has 2 aromatic rings. The van der Waals surface area contributed by atoms with Crippen LogP contribution in [0.4, 0.5) is 5.69 Å². The minimum atomic E-state index is -0.323. The highest BCUT2D eigenvalue weighted by molar-refractivity contribution is 6.03. The molecule has 1 aliphatic carbocycles. The topological polar surface area (TPSA) is 71.3 Å². The molecule has 2 amide bonds. The fraction of sp³-hybridized carbons (Fsp3) is 0.429. The summed E-state index contributed by atoms with van der Waals surface area (Å²) in [5, 5.41) is 5.98. The number of amides is 2. The third-order valence-corrected chi connectivity index (χ3v) is 4.93. The molecule has 0 saturated heterocycles. The molecule has 0 atom stereocenters. The van der Waals surface area contributed by atoms with Crippen molar-refractivity contribution in [2.24, 2.45) is 0 Å². The maximum absolute atomic E-state index is 12.6. The Morgan fingerprint density at radius 3 is 2.42 bits per heavy atom. The summed E-state index contributed by atoms with van der Waals surface area (Å²) in [4.78, 5) is 24.8. The zero-order valence-electron chi connectivity index (χ0n) is 15.2. The van der Waals surface area contributed by atoms with Crippen molar-refractivity contribution in [1.82, 2.24) is 5.32 Å². The lowest BCUT2D eigenvalue weighted by Gasteiger charge is -2.21. The molecule has 1 aliphatic rings. The molecule has 1 fully saturated rings. The predicted molar refractivity (Wildman–Crippen MR) is 101 cm³/mol. The highest BCUT2D eigenvalue weighted by Crippen LogP contribution is 2.20. The first-order chi connectivity index (χ1) is 12.6. The molecule has 0 unspecified atom stereocenters.